The summed E-state index contributed by atoms with van der Waals surface area (Å²) < 4.78 is 26.8. The van der Waals surface area contributed by atoms with Crippen LogP contribution in [0.5, 0.6) is 5.75 Å². The molecule has 0 aliphatic carbocycles. The van der Waals surface area contributed by atoms with Crippen LogP contribution in [-0.2, 0) is 11.3 Å². The maximum Gasteiger partial charge on any atom is 0.263 e. The monoisotopic (exact) mass is 581 g/mol. The lowest BCUT2D eigenvalue weighted by molar-refractivity contribution is 0.0976. The predicted octanol–water partition coefficient (Wildman–Crippen LogP) is 5.58. The standard InChI is InChI=1S/C29H29ClFN5O3S/c1-18-12-29(16-39-18)7-9-35(10-8-29)24-13-33-25(14-32-24)40-23-6-5-22-26(27(23)30)28(37)36(17-34-22)15-19-3-4-20(38-2)11-21(19)31/h3-6,11,13-14,17-18H,7-10,12,15-16H2,1-2H3/t18-/m0/s1. The van der Waals surface area contributed by atoms with E-state index in [1.165, 1.54) is 35.8 Å². The van der Waals surface area contributed by atoms with Gasteiger partial charge >= 0.3 is 0 Å². The molecule has 8 nitrogen and oxygen atoms in total. The first-order valence-electron chi connectivity index (χ1n) is 13.2. The smallest absolute Gasteiger partial charge is 0.263 e. The Kier molecular flexibility index (Phi) is 7.41. The van der Waals surface area contributed by atoms with Gasteiger partial charge in [0.2, 0.25) is 0 Å². The molecule has 0 N–H and O–H groups in total. The van der Waals surface area contributed by atoms with Crippen molar-refractivity contribution >= 4 is 40.1 Å². The van der Waals surface area contributed by atoms with Crippen LogP contribution in [0, 0.1) is 11.2 Å². The molecule has 1 spiro atoms. The van der Waals surface area contributed by atoms with Gasteiger partial charge in [-0.25, -0.2) is 19.3 Å². The molecule has 2 saturated heterocycles. The minimum absolute atomic E-state index is 0.0158. The number of anilines is 1. The van der Waals surface area contributed by atoms with Crippen molar-refractivity contribution < 1.29 is 13.9 Å². The van der Waals surface area contributed by atoms with E-state index in [9.17, 15) is 9.18 Å². The molecular weight excluding hydrogens is 553 g/mol. The Morgan fingerprint density at radius 3 is 2.67 bits per heavy atom. The first-order chi connectivity index (χ1) is 19.3. The third-order valence-electron chi connectivity index (χ3n) is 7.87. The Bertz CT molecular complexity index is 1610. The molecule has 2 aromatic carbocycles. The lowest BCUT2D eigenvalue weighted by Gasteiger charge is -2.38. The lowest BCUT2D eigenvalue weighted by Crippen LogP contribution is -2.41. The van der Waals surface area contributed by atoms with Crippen molar-refractivity contribution in [2.75, 3.05) is 31.7 Å². The Labute approximate surface area is 240 Å². The summed E-state index contributed by atoms with van der Waals surface area (Å²) in [5.41, 5.74) is 0.773. The molecule has 4 aromatic rings. The number of nitrogens with zero attached hydrogens (tertiary/aromatic N) is 5. The Morgan fingerprint density at radius 1 is 1.18 bits per heavy atom. The molecule has 0 amide bonds. The van der Waals surface area contributed by atoms with Gasteiger partial charge in [-0.15, -0.1) is 0 Å². The highest BCUT2D eigenvalue weighted by atomic mass is 35.5. The van der Waals surface area contributed by atoms with Gasteiger partial charge in [0.15, 0.2) is 0 Å². The summed E-state index contributed by atoms with van der Waals surface area (Å²) in [6, 6.07) is 8.10. The maximum absolute atomic E-state index is 14.5. The average Bonchev–Trinajstić information content (AvgIpc) is 3.32. The fourth-order valence-corrected chi connectivity index (χ4v) is 6.71. The summed E-state index contributed by atoms with van der Waals surface area (Å²) in [6.45, 7) is 4.90. The zero-order chi connectivity index (χ0) is 27.9. The Balaban J connectivity index is 1.19. The summed E-state index contributed by atoms with van der Waals surface area (Å²) in [5, 5.41) is 1.23. The molecule has 2 fully saturated rings. The van der Waals surface area contributed by atoms with Crippen LogP contribution in [0.15, 0.2) is 63.8 Å². The van der Waals surface area contributed by atoms with Crippen molar-refractivity contribution in [1.82, 2.24) is 19.5 Å². The zero-order valence-corrected chi connectivity index (χ0v) is 23.8. The highest BCUT2D eigenvalue weighted by Crippen LogP contribution is 2.42. The number of piperidine rings is 1. The number of methoxy groups -OCH3 is 1. The summed E-state index contributed by atoms with van der Waals surface area (Å²) in [4.78, 5) is 30.0. The van der Waals surface area contributed by atoms with Crippen LogP contribution in [0.3, 0.4) is 0 Å². The van der Waals surface area contributed by atoms with Crippen LogP contribution in [0.4, 0.5) is 10.2 Å². The number of rotatable bonds is 6. The van der Waals surface area contributed by atoms with Gasteiger partial charge in [0, 0.05) is 29.6 Å². The van der Waals surface area contributed by atoms with E-state index in [4.69, 9.17) is 21.1 Å². The molecule has 2 aliphatic heterocycles. The molecule has 4 heterocycles. The molecule has 1 atom stereocenters. The minimum Gasteiger partial charge on any atom is -0.497 e. The zero-order valence-electron chi connectivity index (χ0n) is 22.3. The fourth-order valence-electron chi connectivity index (χ4n) is 5.59. The van der Waals surface area contributed by atoms with E-state index >= 15 is 0 Å². The highest BCUT2D eigenvalue weighted by molar-refractivity contribution is 7.99. The van der Waals surface area contributed by atoms with Gasteiger partial charge in [0.05, 0.1) is 61.0 Å². The van der Waals surface area contributed by atoms with Gasteiger partial charge in [0.1, 0.15) is 22.4 Å². The van der Waals surface area contributed by atoms with Crippen molar-refractivity contribution in [1.29, 1.82) is 0 Å². The molecule has 40 heavy (non-hydrogen) atoms. The predicted molar refractivity (Wildman–Crippen MR) is 153 cm³/mol. The second-order valence-electron chi connectivity index (χ2n) is 10.5. The van der Waals surface area contributed by atoms with Gasteiger partial charge < -0.3 is 14.4 Å². The maximum atomic E-state index is 14.5. The largest absolute Gasteiger partial charge is 0.497 e. The number of hydrogen-bond acceptors (Lipinski definition) is 8. The second-order valence-corrected chi connectivity index (χ2v) is 12.0. The van der Waals surface area contributed by atoms with E-state index in [-0.39, 0.29) is 22.5 Å². The van der Waals surface area contributed by atoms with Crippen LogP contribution >= 0.6 is 23.4 Å². The highest BCUT2D eigenvalue weighted by Gasteiger charge is 2.41. The van der Waals surface area contributed by atoms with Gasteiger partial charge in [-0.1, -0.05) is 29.4 Å². The first-order valence-corrected chi connectivity index (χ1v) is 14.4. The summed E-state index contributed by atoms with van der Waals surface area (Å²) in [7, 11) is 1.47. The van der Waals surface area contributed by atoms with Crippen molar-refractivity contribution in [2.45, 2.75) is 48.8 Å². The summed E-state index contributed by atoms with van der Waals surface area (Å²) >= 11 is 8.07. The van der Waals surface area contributed by atoms with Gasteiger partial charge in [-0.2, -0.15) is 0 Å². The van der Waals surface area contributed by atoms with Crippen molar-refractivity contribution in [3.05, 3.63) is 75.8 Å². The van der Waals surface area contributed by atoms with Crippen molar-refractivity contribution in [3.63, 3.8) is 0 Å². The van der Waals surface area contributed by atoms with Crippen molar-refractivity contribution in [2.24, 2.45) is 5.41 Å². The molecule has 11 heteroatoms. The van der Waals surface area contributed by atoms with E-state index in [1.807, 2.05) is 6.07 Å². The number of aromatic nitrogens is 4. The molecule has 0 saturated carbocycles. The van der Waals surface area contributed by atoms with Crippen LogP contribution in [0.2, 0.25) is 5.02 Å². The SMILES string of the molecule is COc1ccc(Cn2cnc3ccc(Sc4cnc(N5CCC6(CC5)CO[C@@H](C)C6)cn4)c(Cl)c3c2=O)c(F)c1. The minimum atomic E-state index is -0.463. The molecule has 2 aliphatic rings. The van der Waals surface area contributed by atoms with Gasteiger partial charge in [0.25, 0.3) is 5.56 Å². The van der Waals surface area contributed by atoms with Crippen molar-refractivity contribution in [3.8, 4) is 5.75 Å². The molecule has 0 unspecified atom stereocenters. The summed E-state index contributed by atoms with van der Waals surface area (Å²) in [6.07, 6.45) is 8.61. The van der Waals surface area contributed by atoms with E-state index in [0.717, 1.165) is 44.8 Å². The molecule has 0 radical (unpaired) electrons. The molecule has 6 rings (SSSR count). The third-order valence-corrected chi connectivity index (χ3v) is 9.35. The van der Waals surface area contributed by atoms with E-state index < -0.39 is 5.82 Å². The average molecular weight is 582 g/mol. The van der Waals surface area contributed by atoms with Gasteiger partial charge in [-0.3, -0.25) is 9.36 Å². The van der Waals surface area contributed by atoms with Crippen LogP contribution in [-0.4, -0.2) is 52.4 Å². The van der Waals surface area contributed by atoms with E-state index in [0.29, 0.717) is 38.3 Å². The van der Waals surface area contributed by atoms with Crippen LogP contribution in [0.25, 0.3) is 10.9 Å². The number of halogens is 2. The number of benzene rings is 2. The number of hydrogen-bond donors (Lipinski definition) is 0. The third kappa shape index (κ3) is 5.27. The second kappa shape index (κ2) is 11.0. The molecule has 2 aromatic heterocycles. The quantitative estimate of drug-likeness (QED) is 0.292. The Morgan fingerprint density at radius 2 is 2.00 bits per heavy atom. The topological polar surface area (TPSA) is 82.4 Å². The Hall–Kier alpha value is -3.21. The first kappa shape index (κ1) is 27.0. The number of fused-ring (bicyclic) bond motifs is 1. The molecular formula is C29H29ClFN5O3S. The molecule has 208 valence electrons. The number of ether oxygens (including phenoxy) is 2. The van der Waals surface area contributed by atoms with Crippen LogP contribution in [0.1, 0.15) is 31.7 Å². The lowest BCUT2D eigenvalue weighted by atomic mass is 9.77. The van der Waals surface area contributed by atoms with Crippen LogP contribution < -0.4 is 15.2 Å². The fraction of sp³-hybridized carbons (Fsp3) is 0.379. The van der Waals surface area contributed by atoms with E-state index in [1.54, 1.807) is 30.6 Å². The molecule has 0 bridgehead atoms. The van der Waals surface area contributed by atoms with E-state index in [2.05, 4.69) is 26.8 Å². The van der Waals surface area contributed by atoms with Gasteiger partial charge in [-0.05, 0) is 49.8 Å². The normalized spacial score (nSPS) is 18.5. The summed E-state index contributed by atoms with van der Waals surface area (Å²) in [5.74, 6) is 0.799.